The number of aromatic carboxylic acids is 1. The normalized spacial score (nSPS) is 15.0. The average Bonchev–Trinajstić information content (AvgIpc) is 2.61. The molecule has 1 aromatic carbocycles. The van der Waals surface area contributed by atoms with E-state index < -0.39 is 13.1 Å². The van der Waals surface area contributed by atoms with E-state index in [1.165, 1.54) is 18.2 Å². The van der Waals surface area contributed by atoms with E-state index in [0.29, 0.717) is 25.1 Å². The molecule has 0 amide bonds. The first-order valence-electron chi connectivity index (χ1n) is 8.39. The molecule has 1 unspecified atom stereocenters. The summed E-state index contributed by atoms with van der Waals surface area (Å²) in [6.45, 7) is 8.01. The Kier molecular flexibility index (Phi) is 7.03. The quantitative estimate of drug-likeness (QED) is 0.127. The van der Waals surface area contributed by atoms with Crippen molar-refractivity contribution in [1.82, 2.24) is 10.3 Å². The van der Waals surface area contributed by atoms with Crippen LogP contribution in [0, 0.1) is 5.41 Å². The Balaban J connectivity index is 2.13. The molecule has 0 fully saturated rings. The number of hydrogen-bond donors (Lipinski definition) is 5. The summed E-state index contributed by atoms with van der Waals surface area (Å²) in [6, 6.07) is 4.95. The molecule has 27 heavy (non-hydrogen) atoms. The molecule has 1 aromatic rings. The van der Waals surface area contributed by atoms with Gasteiger partial charge in [-0.25, -0.2) is 0 Å². The van der Waals surface area contributed by atoms with Gasteiger partial charge in [0, 0.05) is 0 Å². The Hall–Kier alpha value is -2.78. The third-order valence-electron chi connectivity index (χ3n) is 4.04. The summed E-state index contributed by atoms with van der Waals surface area (Å²) in [4.78, 5) is 11.4. The summed E-state index contributed by atoms with van der Waals surface area (Å²) < 4.78 is 11.2. The van der Waals surface area contributed by atoms with Gasteiger partial charge in [0.1, 0.15) is 0 Å². The first kappa shape index (κ1) is 20.5. The van der Waals surface area contributed by atoms with E-state index in [-0.39, 0.29) is 29.6 Å². The molecule has 7 N–H and O–H groups in total. The number of nitrogens with one attached hydrogen (secondary N) is 2. The SMILES string of the molecule is C=BOB1Oc2c(cccc2C(=O)O)CC1NC(=C)CN(N)C(=N)CCN. The third kappa shape index (κ3) is 5.11. The first-order chi connectivity index (χ1) is 12.9. The second-order valence-electron chi connectivity index (χ2n) is 6.06. The van der Waals surface area contributed by atoms with Gasteiger partial charge in [0.25, 0.3) is 0 Å². The summed E-state index contributed by atoms with van der Waals surface area (Å²) in [6.07, 6.45) is 0.822. The number of benzene rings is 1. The van der Waals surface area contributed by atoms with Crippen LogP contribution in [0.4, 0.5) is 0 Å². The van der Waals surface area contributed by atoms with Crippen molar-refractivity contribution in [3.8, 4) is 5.75 Å². The van der Waals surface area contributed by atoms with Crippen LogP contribution in [0.3, 0.4) is 0 Å². The number of para-hydroxylation sites is 1. The Morgan fingerprint density at radius 2 is 2.33 bits per heavy atom. The molecule has 0 spiro atoms. The van der Waals surface area contributed by atoms with Gasteiger partial charge < -0.3 is 0 Å². The first-order valence-corrected chi connectivity index (χ1v) is 8.39. The number of rotatable bonds is 9. The number of hydrogen-bond acceptors (Lipinski definition) is 7. The van der Waals surface area contributed by atoms with Crippen LogP contribution in [-0.4, -0.2) is 61.7 Å². The molecule has 1 aliphatic rings. The monoisotopic (exact) mass is 371 g/mol. The van der Waals surface area contributed by atoms with E-state index in [9.17, 15) is 9.90 Å². The molecule has 9 nitrogen and oxygen atoms in total. The van der Waals surface area contributed by atoms with Gasteiger partial charge in [0.15, 0.2) is 0 Å². The van der Waals surface area contributed by atoms with Crippen LogP contribution in [0.15, 0.2) is 30.5 Å². The number of carboxylic acids is 1. The zero-order valence-corrected chi connectivity index (χ0v) is 15.0. The fourth-order valence-corrected chi connectivity index (χ4v) is 2.81. The van der Waals surface area contributed by atoms with E-state index in [1.54, 1.807) is 12.1 Å². The molecule has 142 valence electrons. The van der Waals surface area contributed by atoms with Gasteiger partial charge in [-0.15, -0.1) is 0 Å². The molecule has 0 aliphatic carbocycles. The van der Waals surface area contributed by atoms with Crippen molar-refractivity contribution < 1.29 is 19.1 Å². The second kappa shape index (κ2) is 9.24. The summed E-state index contributed by atoms with van der Waals surface area (Å²) in [7, 11) is 0.449. The molecule has 0 saturated carbocycles. The Labute approximate surface area is 158 Å². The molecule has 1 atom stereocenters. The number of carboxylic acid groups (broad SMARTS) is 1. The number of amidine groups is 1. The van der Waals surface area contributed by atoms with E-state index in [2.05, 4.69) is 18.4 Å². The van der Waals surface area contributed by atoms with Gasteiger partial charge in [0.05, 0.1) is 0 Å². The van der Waals surface area contributed by atoms with Gasteiger partial charge in [-0.3, -0.25) is 0 Å². The number of nitrogens with zero attached hydrogens (tertiary/aromatic N) is 1. The minimum atomic E-state index is -1.07. The molecule has 0 saturated heterocycles. The predicted molar refractivity (Wildman–Crippen MR) is 106 cm³/mol. The van der Waals surface area contributed by atoms with Crippen LogP contribution < -0.4 is 21.5 Å². The van der Waals surface area contributed by atoms with Crippen molar-refractivity contribution in [2.75, 3.05) is 13.1 Å². The fraction of sp³-hybridized carbons (Fsp3) is 0.312. The minimum absolute atomic E-state index is 0.0748. The molecule has 1 heterocycles. The second-order valence-corrected chi connectivity index (χ2v) is 6.06. The molecule has 2 rings (SSSR count). The fourth-order valence-electron chi connectivity index (χ4n) is 2.81. The summed E-state index contributed by atoms with van der Waals surface area (Å²) in [5.41, 5.74) is 6.81. The number of fused-ring (bicyclic) bond motifs is 1. The molecule has 0 radical (unpaired) electrons. The number of hydrazine groups is 1. The van der Waals surface area contributed by atoms with Crippen molar-refractivity contribution >= 4 is 32.5 Å². The maximum atomic E-state index is 11.4. The van der Waals surface area contributed by atoms with Crippen molar-refractivity contribution in [2.45, 2.75) is 18.8 Å². The molecular weight excluding hydrogens is 348 g/mol. The van der Waals surface area contributed by atoms with E-state index in [1.807, 2.05) is 0 Å². The van der Waals surface area contributed by atoms with Gasteiger partial charge in [-0.1, -0.05) is 0 Å². The molecule has 1 aliphatic heterocycles. The van der Waals surface area contributed by atoms with Gasteiger partial charge in [0.2, 0.25) is 0 Å². The number of carbonyl (C=O) groups is 1. The van der Waals surface area contributed by atoms with Crippen molar-refractivity contribution in [2.24, 2.45) is 11.6 Å². The summed E-state index contributed by atoms with van der Waals surface area (Å²) in [5, 5.41) is 21.6. The van der Waals surface area contributed by atoms with Crippen LogP contribution in [0.5, 0.6) is 5.75 Å². The Bertz CT molecular complexity index is 746. The molecule has 11 heteroatoms. The van der Waals surface area contributed by atoms with Crippen LogP contribution in [-0.2, 0) is 11.0 Å². The molecular formula is C16H23B2N5O4. The van der Waals surface area contributed by atoms with Crippen LogP contribution in [0.25, 0.3) is 0 Å². The molecule has 0 bridgehead atoms. The predicted octanol–water partition coefficient (Wildman–Crippen LogP) is -0.611. The third-order valence-corrected chi connectivity index (χ3v) is 4.04. The zero-order valence-electron chi connectivity index (χ0n) is 15.0. The number of nitrogens with two attached hydrogens (primary N) is 2. The van der Waals surface area contributed by atoms with Gasteiger partial charge in [-0.05, 0) is 0 Å². The van der Waals surface area contributed by atoms with Crippen LogP contribution >= 0.6 is 0 Å². The zero-order chi connectivity index (χ0) is 20.0. The Morgan fingerprint density at radius 3 is 2.96 bits per heavy atom. The summed E-state index contributed by atoms with van der Waals surface area (Å²) in [5.74, 6) is 4.91. The van der Waals surface area contributed by atoms with E-state index in [0.717, 1.165) is 5.56 Å². The molecule has 0 aromatic heterocycles. The topological polar surface area (TPSA) is 147 Å². The van der Waals surface area contributed by atoms with Crippen molar-refractivity contribution in [3.63, 3.8) is 0 Å². The standard InChI is InChI=1S/C16H23B2N5O4/c1-10(9-23(21)14(20)6-7-19)22-13-8-11-4-3-5-12(16(24)25)15(11)26-18(13)27-17-2/h3-5,13,20,22H,1-2,6-9,19,21H2,(H,24,25). The summed E-state index contributed by atoms with van der Waals surface area (Å²) >= 11 is 0. The van der Waals surface area contributed by atoms with Gasteiger partial charge >= 0.3 is 158 Å². The van der Waals surface area contributed by atoms with Gasteiger partial charge in [-0.2, -0.15) is 0 Å². The van der Waals surface area contributed by atoms with Crippen molar-refractivity contribution in [3.05, 3.63) is 41.6 Å². The Morgan fingerprint density at radius 1 is 1.59 bits per heavy atom. The van der Waals surface area contributed by atoms with E-state index in [4.69, 9.17) is 26.2 Å². The van der Waals surface area contributed by atoms with Crippen molar-refractivity contribution in [1.29, 1.82) is 5.41 Å². The average molecular weight is 371 g/mol. The van der Waals surface area contributed by atoms with E-state index >= 15 is 0 Å². The van der Waals surface area contributed by atoms with Crippen LogP contribution in [0.2, 0.25) is 0 Å². The van der Waals surface area contributed by atoms with Crippen LogP contribution in [0.1, 0.15) is 22.3 Å². The maximum absolute atomic E-state index is 11.4.